The first kappa shape index (κ1) is 14.6. The van der Waals surface area contributed by atoms with Crippen molar-refractivity contribution in [2.75, 3.05) is 30.9 Å². The number of rotatable bonds is 4. The molecule has 0 N–H and O–H groups in total. The maximum absolute atomic E-state index is 8.91. The first-order valence-corrected chi connectivity index (χ1v) is 7.52. The Bertz CT molecular complexity index is 536. The third kappa shape index (κ3) is 3.61. The Morgan fingerprint density at radius 1 is 1.60 bits per heavy atom. The molecule has 20 heavy (non-hydrogen) atoms. The molecule has 6 nitrogen and oxygen atoms in total. The number of aromatic nitrogens is 2. The molecule has 106 valence electrons. The summed E-state index contributed by atoms with van der Waals surface area (Å²) >= 11 is 1.74. The molecule has 0 spiro atoms. The van der Waals surface area contributed by atoms with Gasteiger partial charge < -0.3 is 4.90 Å². The Morgan fingerprint density at radius 2 is 2.40 bits per heavy atom. The van der Waals surface area contributed by atoms with Gasteiger partial charge in [0.15, 0.2) is 11.0 Å². The zero-order valence-corrected chi connectivity index (χ0v) is 12.8. The number of nitriles is 1. The third-order valence-corrected chi connectivity index (χ3v) is 3.77. The van der Waals surface area contributed by atoms with Crippen LogP contribution in [0.25, 0.3) is 0 Å². The first-order valence-electron chi connectivity index (χ1n) is 6.53. The lowest BCUT2D eigenvalue weighted by Crippen LogP contribution is -2.28. The van der Waals surface area contributed by atoms with Gasteiger partial charge in [-0.15, -0.1) is 5.10 Å². The molecule has 0 saturated carbocycles. The fourth-order valence-corrected chi connectivity index (χ4v) is 2.78. The number of hydrogen-bond acceptors (Lipinski definition) is 6. The zero-order valence-electron chi connectivity index (χ0n) is 11.9. The maximum Gasteiger partial charge on any atom is 0.234 e. The predicted molar refractivity (Wildman–Crippen MR) is 81.5 cm³/mol. The highest BCUT2D eigenvalue weighted by molar-refractivity contribution is 8.14. The lowest BCUT2D eigenvalue weighted by molar-refractivity contribution is 0.552. The number of anilines is 1. The van der Waals surface area contributed by atoms with Crippen LogP contribution in [0.1, 0.15) is 19.7 Å². The first-order chi connectivity index (χ1) is 9.60. The third-order valence-electron chi connectivity index (χ3n) is 2.73. The van der Waals surface area contributed by atoms with Gasteiger partial charge in [0.2, 0.25) is 5.82 Å². The van der Waals surface area contributed by atoms with Crippen LogP contribution < -0.4 is 5.01 Å². The van der Waals surface area contributed by atoms with E-state index >= 15 is 0 Å². The topological polar surface area (TPSA) is 68.4 Å². The molecule has 0 amide bonds. The van der Waals surface area contributed by atoms with Crippen molar-refractivity contribution < 1.29 is 0 Å². The van der Waals surface area contributed by atoms with Crippen molar-refractivity contribution in [2.45, 2.75) is 13.8 Å². The highest BCUT2D eigenvalue weighted by atomic mass is 32.2. The van der Waals surface area contributed by atoms with Crippen LogP contribution in [0, 0.1) is 17.2 Å². The monoisotopic (exact) mass is 290 g/mol. The van der Waals surface area contributed by atoms with Crippen LogP contribution >= 0.6 is 11.8 Å². The van der Waals surface area contributed by atoms with Gasteiger partial charge in [-0.05, 0) is 5.92 Å². The number of thioether (sulfide) groups is 1. The van der Waals surface area contributed by atoms with Crippen molar-refractivity contribution in [3.8, 4) is 6.07 Å². The fraction of sp³-hybridized carbons (Fsp3) is 0.538. The minimum atomic E-state index is 0.170. The van der Waals surface area contributed by atoms with E-state index in [9.17, 15) is 0 Å². The SMILES string of the molecule is CC(C)CN(/N=C1\SCCN1C)c1ccnc(C#N)n1. The van der Waals surface area contributed by atoms with Crippen molar-refractivity contribution in [3.05, 3.63) is 18.1 Å². The van der Waals surface area contributed by atoms with E-state index in [0.29, 0.717) is 11.7 Å². The van der Waals surface area contributed by atoms with E-state index in [2.05, 4.69) is 33.8 Å². The molecule has 0 aliphatic carbocycles. The van der Waals surface area contributed by atoms with Crippen LogP contribution in [-0.4, -0.2) is 45.9 Å². The van der Waals surface area contributed by atoms with Crippen LogP contribution in [0.15, 0.2) is 17.4 Å². The maximum atomic E-state index is 8.91. The summed E-state index contributed by atoms with van der Waals surface area (Å²) in [6, 6.07) is 3.75. The fourth-order valence-electron chi connectivity index (χ4n) is 1.77. The van der Waals surface area contributed by atoms with Crippen LogP contribution in [0.4, 0.5) is 5.82 Å². The summed E-state index contributed by atoms with van der Waals surface area (Å²) in [5.74, 6) is 2.33. The Morgan fingerprint density at radius 3 is 3.00 bits per heavy atom. The van der Waals surface area contributed by atoms with Gasteiger partial charge in [-0.1, -0.05) is 25.6 Å². The molecule has 1 saturated heterocycles. The molecule has 0 bridgehead atoms. The van der Waals surface area contributed by atoms with Crippen LogP contribution in [0.5, 0.6) is 0 Å². The second-order valence-electron chi connectivity index (χ2n) is 4.98. The number of amidine groups is 1. The van der Waals surface area contributed by atoms with Crippen LogP contribution in [0.3, 0.4) is 0 Å². The van der Waals surface area contributed by atoms with E-state index in [4.69, 9.17) is 5.26 Å². The van der Waals surface area contributed by atoms with Gasteiger partial charge in [0, 0.05) is 38.2 Å². The van der Waals surface area contributed by atoms with Crippen LogP contribution in [-0.2, 0) is 0 Å². The Balaban J connectivity index is 2.29. The predicted octanol–water partition coefficient (Wildman–Crippen LogP) is 1.76. The average molecular weight is 290 g/mol. The Kier molecular flexibility index (Phi) is 4.79. The quantitative estimate of drug-likeness (QED) is 0.787. The molecule has 1 aliphatic heterocycles. The van der Waals surface area contributed by atoms with E-state index in [0.717, 1.165) is 24.0 Å². The van der Waals surface area contributed by atoms with E-state index in [-0.39, 0.29) is 5.82 Å². The molecule has 7 heteroatoms. The van der Waals surface area contributed by atoms with Crippen molar-refractivity contribution >= 4 is 22.7 Å². The van der Waals surface area contributed by atoms with Gasteiger partial charge in [0.1, 0.15) is 6.07 Å². The van der Waals surface area contributed by atoms with Gasteiger partial charge in [0.25, 0.3) is 0 Å². The van der Waals surface area contributed by atoms with Crippen molar-refractivity contribution in [2.24, 2.45) is 11.0 Å². The summed E-state index contributed by atoms with van der Waals surface area (Å²) in [6.07, 6.45) is 1.60. The molecule has 1 aromatic rings. The second kappa shape index (κ2) is 6.57. The minimum Gasteiger partial charge on any atom is -0.352 e. The second-order valence-corrected chi connectivity index (χ2v) is 6.04. The summed E-state index contributed by atoms with van der Waals surface area (Å²) in [6.45, 7) is 6.02. The zero-order chi connectivity index (χ0) is 14.5. The number of nitrogens with zero attached hydrogens (tertiary/aromatic N) is 6. The van der Waals surface area contributed by atoms with Crippen molar-refractivity contribution in [3.63, 3.8) is 0 Å². The van der Waals surface area contributed by atoms with Crippen LogP contribution in [0.2, 0.25) is 0 Å². The van der Waals surface area contributed by atoms with E-state index in [1.54, 1.807) is 24.0 Å². The Hall–Kier alpha value is -1.81. The standard InChI is InChI=1S/C13H18N6S/c1-10(2)9-19(17-13-18(3)6-7-20-13)12-4-5-15-11(8-14)16-12/h4-5,10H,6-7,9H2,1-3H3/b17-13-. The molecule has 2 heterocycles. The van der Waals surface area contributed by atoms with Crippen molar-refractivity contribution in [1.82, 2.24) is 14.9 Å². The minimum absolute atomic E-state index is 0.170. The lowest BCUT2D eigenvalue weighted by atomic mass is 10.2. The molecule has 0 radical (unpaired) electrons. The summed E-state index contributed by atoms with van der Waals surface area (Å²) in [7, 11) is 2.03. The molecular weight excluding hydrogens is 272 g/mol. The normalized spacial score (nSPS) is 16.8. The largest absolute Gasteiger partial charge is 0.352 e. The van der Waals surface area contributed by atoms with E-state index in [1.165, 1.54) is 0 Å². The highest BCUT2D eigenvalue weighted by Gasteiger charge is 2.18. The smallest absolute Gasteiger partial charge is 0.234 e. The molecular formula is C13H18N6S. The molecule has 1 aromatic heterocycles. The molecule has 0 aromatic carbocycles. The van der Waals surface area contributed by atoms with Gasteiger partial charge in [-0.25, -0.2) is 9.99 Å². The van der Waals surface area contributed by atoms with Gasteiger partial charge in [0.05, 0.1) is 0 Å². The van der Waals surface area contributed by atoms with Gasteiger partial charge in [-0.2, -0.15) is 10.2 Å². The summed E-state index contributed by atoms with van der Waals surface area (Å²) in [5.41, 5.74) is 0. The molecule has 1 aliphatic rings. The summed E-state index contributed by atoms with van der Waals surface area (Å²) in [5, 5.41) is 16.4. The molecule has 0 unspecified atom stereocenters. The number of hydrogen-bond donors (Lipinski definition) is 0. The molecule has 0 atom stereocenters. The summed E-state index contributed by atoms with van der Waals surface area (Å²) in [4.78, 5) is 10.3. The van der Waals surface area contributed by atoms with Gasteiger partial charge in [-0.3, -0.25) is 0 Å². The highest BCUT2D eigenvalue weighted by Crippen LogP contribution is 2.20. The number of hydrazone groups is 1. The molecule has 1 fully saturated rings. The summed E-state index contributed by atoms with van der Waals surface area (Å²) < 4.78 is 0. The van der Waals surface area contributed by atoms with E-state index in [1.807, 2.05) is 18.1 Å². The average Bonchev–Trinajstić information content (AvgIpc) is 2.83. The van der Waals surface area contributed by atoms with Gasteiger partial charge >= 0.3 is 0 Å². The Labute approximate surface area is 123 Å². The van der Waals surface area contributed by atoms with Crippen molar-refractivity contribution in [1.29, 1.82) is 5.26 Å². The molecule has 2 rings (SSSR count). The lowest BCUT2D eigenvalue weighted by Gasteiger charge is -2.22. The van der Waals surface area contributed by atoms with E-state index < -0.39 is 0 Å².